The number of nitrogens with zero attached hydrogens (tertiary/aromatic N) is 1. The fourth-order valence-corrected chi connectivity index (χ4v) is 4.38. The summed E-state index contributed by atoms with van der Waals surface area (Å²) in [6.07, 6.45) is 6.08. The van der Waals surface area contributed by atoms with Gasteiger partial charge in [0, 0.05) is 58.8 Å². The number of carboxylic acid groups (broad SMARTS) is 2. The Bertz CT molecular complexity index is 1370. The number of hydrogen-bond donors (Lipinski definition) is 4. The number of imidazole rings is 1. The number of H-pyrrole nitrogens is 2. The Balaban J connectivity index is 0.000000314. The second-order valence-electron chi connectivity index (χ2n) is 8.33. The van der Waals surface area contributed by atoms with Crippen molar-refractivity contribution < 1.29 is 24.6 Å². The van der Waals surface area contributed by atoms with Crippen LogP contribution in [0, 0.1) is 5.92 Å². The highest BCUT2D eigenvalue weighted by Gasteiger charge is 2.30. The molecule has 2 aromatic heterocycles. The summed E-state index contributed by atoms with van der Waals surface area (Å²) in [6, 6.07) is 18.4. The summed E-state index contributed by atoms with van der Waals surface area (Å²) in [5.74, 6) is -2.28. The van der Waals surface area contributed by atoms with Crippen LogP contribution in [0.1, 0.15) is 39.4 Å². The van der Waals surface area contributed by atoms with Crippen LogP contribution in [0.15, 0.2) is 73.1 Å². The molecule has 178 valence electrons. The van der Waals surface area contributed by atoms with Gasteiger partial charge in [-0.15, -0.1) is 0 Å². The normalized spacial score (nSPS) is 14.8. The number of carbonyl (C=O) groups excluding carboxylic acids is 1. The minimum absolute atomic E-state index is 0.00507. The van der Waals surface area contributed by atoms with E-state index < -0.39 is 11.9 Å². The third-order valence-corrected chi connectivity index (χ3v) is 5.98. The lowest BCUT2D eigenvalue weighted by atomic mass is 9.83. The van der Waals surface area contributed by atoms with E-state index in [4.69, 9.17) is 10.2 Å². The molecule has 1 aliphatic carbocycles. The Morgan fingerprint density at radius 2 is 1.66 bits per heavy atom. The van der Waals surface area contributed by atoms with Crippen molar-refractivity contribution in [3.05, 3.63) is 101 Å². The number of benzene rings is 2. The molecule has 4 N–H and O–H groups in total. The Kier molecular flexibility index (Phi) is 7.21. The van der Waals surface area contributed by atoms with Crippen LogP contribution in [0.3, 0.4) is 0 Å². The van der Waals surface area contributed by atoms with Gasteiger partial charge >= 0.3 is 11.9 Å². The third-order valence-electron chi connectivity index (χ3n) is 5.98. The number of hydrogen-bond acceptors (Lipinski definition) is 4. The molecule has 35 heavy (non-hydrogen) atoms. The van der Waals surface area contributed by atoms with Crippen molar-refractivity contribution in [3.8, 4) is 0 Å². The Morgan fingerprint density at radius 1 is 0.971 bits per heavy atom. The SMILES string of the molecule is O=C(O)/C=C/C(=O)O.O=C(c1c(Cc2ccccc2)[nH]c2ccccc12)C1CCc2[nH]cnc2C1. The molecule has 0 bridgehead atoms. The highest BCUT2D eigenvalue weighted by atomic mass is 16.4. The van der Waals surface area contributed by atoms with Crippen molar-refractivity contribution in [1.82, 2.24) is 15.0 Å². The molecule has 8 heteroatoms. The monoisotopic (exact) mass is 471 g/mol. The van der Waals surface area contributed by atoms with Gasteiger partial charge in [-0.2, -0.15) is 0 Å². The van der Waals surface area contributed by atoms with Crippen LogP contribution in [0.5, 0.6) is 0 Å². The zero-order chi connectivity index (χ0) is 24.8. The van der Waals surface area contributed by atoms with Crippen molar-refractivity contribution in [2.75, 3.05) is 0 Å². The highest BCUT2D eigenvalue weighted by Crippen LogP contribution is 2.31. The number of carboxylic acids is 2. The molecule has 1 aliphatic rings. The fraction of sp³-hybridized carbons (Fsp3) is 0.185. The molecular weight excluding hydrogens is 446 g/mol. The van der Waals surface area contributed by atoms with Crippen LogP contribution in [-0.4, -0.2) is 42.9 Å². The molecule has 0 saturated carbocycles. The lowest BCUT2D eigenvalue weighted by Crippen LogP contribution is -2.23. The van der Waals surface area contributed by atoms with Crippen LogP contribution in [0.25, 0.3) is 10.9 Å². The summed E-state index contributed by atoms with van der Waals surface area (Å²) >= 11 is 0. The number of aryl methyl sites for hydroxylation is 1. The van der Waals surface area contributed by atoms with Gasteiger partial charge in [0.05, 0.1) is 12.0 Å². The van der Waals surface area contributed by atoms with Gasteiger partial charge in [-0.05, 0) is 24.5 Å². The Labute approximate surface area is 201 Å². The molecule has 0 fully saturated rings. The largest absolute Gasteiger partial charge is 0.478 e. The topological polar surface area (TPSA) is 136 Å². The summed E-state index contributed by atoms with van der Waals surface area (Å²) < 4.78 is 0. The highest BCUT2D eigenvalue weighted by molar-refractivity contribution is 6.10. The van der Waals surface area contributed by atoms with E-state index in [0.29, 0.717) is 12.2 Å². The molecular formula is C27H25N3O5. The zero-order valence-electron chi connectivity index (χ0n) is 18.9. The first-order valence-corrected chi connectivity index (χ1v) is 11.2. The summed E-state index contributed by atoms with van der Waals surface area (Å²) in [4.78, 5) is 43.8. The number of ketones is 1. The molecule has 2 aromatic carbocycles. The van der Waals surface area contributed by atoms with Crippen LogP contribution >= 0.6 is 0 Å². The Morgan fingerprint density at radius 3 is 2.37 bits per heavy atom. The molecule has 1 unspecified atom stereocenters. The minimum Gasteiger partial charge on any atom is -0.478 e. The number of rotatable bonds is 6. The first-order valence-electron chi connectivity index (χ1n) is 11.2. The van der Waals surface area contributed by atoms with Gasteiger partial charge in [-0.3, -0.25) is 4.79 Å². The van der Waals surface area contributed by atoms with Gasteiger partial charge in [0.2, 0.25) is 0 Å². The van der Waals surface area contributed by atoms with Crippen LogP contribution in [-0.2, 0) is 28.9 Å². The third kappa shape index (κ3) is 5.73. The van der Waals surface area contributed by atoms with E-state index in [-0.39, 0.29) is 11.7 Å². The zero-order valence-corrected chi connectivity index (χ0v) is 18.9. The number of fused-ring (bicyclic) bond motifs is 2. The van der Waals surface area contributed by atoms with E-state index in [0.717, 1.165) is 53.5 Å². The van der Waals surface area contributed by atoms with E-state index in [2.05, 4.69) is 33.2 Å². The number of para-hydroxylation sites is 1. The summed E-state index contributed by atoms with van der Waals surface area (Å²) in [6.45, 7) is 0. The predicted molar refractivity (Wildman–Crippen MR) is 130 cm³/mol. The van der Waals surface area contributed by atoms with Gasteiger partial charge in [0.25, 0.3) is 0 Å². The quantitative estimate of drug-likeness (QED) is 0.246. The van der Waals surface area contributed by atoms with E-state index in [1.807, 2.05) is 36.4 Å². The van der Waals surface area contributed by atoms with Crippen LogP contribution in [0.2, 0.25) is 0 Å². The maximum absolute atomic E-state index is 13.6. The van der Waals surface area contributed by atoms with Crippen molar-refractivity contribution in [3.63, 3.8) is 0 Å². The molecule has 1 atom stereocenters. The van der Waals surface area contributed by atoms with Gasteiger partial charge in [0.1, 0.15) is 0 Å². The molecule has 0 radical (unpaired) electrons. The number of aliphatic carboxylic acids is 2. The number of aromatic amines is 2. The maximum Gasteiger partial charge on any atom is 0.328 e. The van der Waals surface area contributed by atoms with Gasteiger partial charge in [0.15, 0.2) is 5.78 Å². The summed E-state index contributed by atoms with van der Waals surface area (Å²) in [7, 11) is 0. The molecule has 0 spiro atoms. The number of Topliss-reactive ketones (excluding diaryl/α,β-unsaturated/α-hetero) is 1. The van der Waals surface area contributed by atoms with E-state index in [9.17, 15) is 14.4 Å². The first-order chi connectivity index (χ1) is 16.9. The predicted octanol–water partition coefficient (Wildman–Crippen LogP) is 4.18. The number of aromatic nitrogens is 3. The fourth-order valence-electron chi connectivity index (χ4n) is 4.38. The average molecular weight is 472 g/mol. The van der Waals surface area contributed by atoms with Gasteiger partial charge in [-0.25, -0.2) is 14.6 Å². The molecule has 0 saturated heterocycles. The van der Waals surface area contributed by atoms with Crippen molar-refractivity contribution >= 4 is 28.6 Å². The summed E-state index contributed by atoms with van der Waals surface area (Å²) in [5, 5.41) is 16.7. The number of carbonyl (C=O) groups is 3. The van der Waals surface area contributed by atoms with E-state index in [1.54, 1.807) is 6.33 Å². The molecule has 8 nitrogen and oxygen atoms in total. The number of nitrogens with one attached hydrogen (secondary N) is 2. The first kappa shape index (κ1) is 23.7. The lowest BCUT2D eigenvalue weighted by molar-refractivity contribution is -0.134. The second kappa shape index (κ2) is 10.6. The van der Waals surface area contributed by atoms with E-state index in [1.165, 1.54) is 11.3 Å². The van der Waals surface area contributed by atoms with E-state index >= 15 is 0 Å². The molecule has 0 amide bonds. The average Bonchev–Trinajstić information content (AvgIpc) is 3.47. The maximum atomic E-state index is 13.6. The standard InChI is InChI=1S/C23H21N3O.C4H4O4/c27-23(16-10-11-19-20(13-16)25-14-24-19)22-17-8-4-5-9-18(17)26-21(22)12-15-6-2-1-3-7-15;5-3(6)1-2-4(7)8/h1-9,14,16,26H,10-13H2,(H,24,25);1-2H,(H,5,6)(H,7,8)/b;2-1+. The van der Waals surface area contributed by atoms with Crippen molar-refractivity contribution in [2.24, 2.45) is 5.92 Å². The van der Waals surface area contributed by atoms with Crippen LogP contribution < -0.4 is 0 Å². The summed E-state index contributed by atoms with van der Waals surface area (Å²) in [5.41, 5.74) is 6.34. The van der Waals surface area contributed by atoms with Crippen molar-refractivity contribution in [2.45, 2.75) is 25.7 Å². The van der Waals surface area contributed by atoms with Crippen molar-refractivity contribution in [1.29, 1.82) is 0 Å². The smallest absolute Gasteiger partial charge is 0.328 e. The molecule has 0 aliphatic heterocycles. The van der Waals surface area contributed by atoms with Gasteiger partial charge in [-0.1, -0.05) is 48.5 Å². The molecule has 4 aromatic rings. The Hall–Kier alpha value is -4.46. The minimum atomic E-state index is -1.26. The molecule has 2 heterocycles. The second-order valence-corrected chi connectivity index (χ2v) is 8.33. The van der Waals surface area contributed by atoms with Crippen LogP contribution in [0.4, 0.5) is 0 Å². The lowest BCUT2D eigenvalue weighted by Gasteiger charge is -2.20. The van der Waals surface area contributed by atoms with Gasteiger partial charge < -0.3 is 20.2 Å². The molecule has 5 rings (SSSR count).